The highest BCUT2D eigenvalue weighted by Crippen LogP contribution is 2.20. The molecule has 0 aliphatic carbocycles. The van der Waals surface area contributed by atoms with Gasteiger partial charge in [-0.2, -0.15) is 0 Å². The third-order valence-electron chi connectivity index (χ3n) is 3.25. The first-order chi connectivity index (χ1) is 10.6. The maximum atomic E-state index is 13.8. The lowest BCUT2D eigenvalue weighted by Gasteiger charge is -2.12. The molecule has 0 amide bonds. The van der Waals surface area contributed by atoms with Crippen LogP contribution in [0.1, 0.15) is 16.1 Å². The lowest BCUT2D eigenvalue weighted by Crippen LogP contribution is -2.11. The largest absolute Gasteiger partial charge is 0.476 e. The second-order valence-electron chi connectivity index (χ2n) is 4.65. The van der Waals surface area contributed by atoms with E-state index in [2.05, 4.69) is 10.3 Å². The zero-order chi connectivity index (χ0) is 15.7. The van der Waals surface area contributed by atoms with Gasteiger partial charge in [-0.15, -0.1) is 0 Å². The summed E-state index contributed by atoms with van der Waals surface area (Å²) in [6.07, 6.45) is 3.08. The van der Waals surface area contributed by atoms with Crippen molar-refractivity contribution in [2.45, 2.75) is 6.54 Å². The van der Waals surface area contributed by atoms with Crippen LogP contribution in [0, 0.1) is 5.82 Å². The predicted octanol–water partition coefficient (Wildman–Crippen LogP) is 3.44. The molecule has 0 aliphatic heterocycles. The van der Waals surface area contributed by atoms with Gasteiger partial charge in [0.15, 0.2) is 5.69 Å². The fourth-order valence-electron chi connectivity index (χ4n) is 2.21. The molecule has 0 aliphatic rings. The van der Waals surface area contributed by atoms with Crippen LogP contribution in [0.2, 0.25) is 5.02 Å². The molecule has 7 heteroatoms. The molecule has 3 rings (SSSR count). The molecule has 0 atom stereocenters. The van der Waals surface area contributed by atoms with Crippen LogP contribution in [0.15, 0.2) is 42.7 Å². The number of nitrogens with zero attached hydrogens (tertiary/aromatic N) is 2. The van der Waals surface area contributed by atoms with Gasteiger partial charge in [0.25, 0.3) is 0 Å². The predicted molar refractivity (Wildman–Crippen MR) is 80.9 cm³/mol. The molecule has 0 unspecified atom stereocenters. The number of rotatable bonds is 4. The first-order valence-electron chi connectivity index (χ1n) is 6.43. The van der Waals surface area contributed by atoms with Gasteiger partial charge in [0.1, 0.15) is 11.5 Å². The Hall–Kier alpha value is -2.60. The summed E-state index contributed by atoms with van der Waals surface area (Å²) in [5.74, 6) is -1.54. The number of hydrogen-bond acceptors (Lipinski definition) is 3. The third-order valence-corrected chi connectivity index (χ3v) is 3.49. The smallest absolute Gasteiger partial charge is 0.355 e. The molecule has 5 nitrogen and oxygen atoms in total. The summed E-state index contributed by atoms with van der Waals surface area (Å²) in [6, 6.07) is 7.65. The molecule has 1 aromatic carbocycles. The quantitative estimate of drug-likeness (QED) is 0.773. The van der Waals surface area contributed by atoms with E-state index in [0.717, 1.165) is 0 Å². The minimum absolute atomic E-state index is 0.0457. The number of halogens is 2. The average molecular weight is 320 g/mol. The standard InChI is InChI=1S/C15H11ClFN3O2/c16-10-2-1-9(11(17)7-10)8-19-12-3-4-13-18-5-6-20(13)14(12)15(21)22/h1-7,19H,8H2,(H,21,22). The average Bonchev–Trinajstić information content (AvgIpc) is 2.93. The zero-order valence-corrected chi connectivity index (χ0v) is 12.0. The topological polar surface area (TPSA) is 66.6 Å². The Bertz CT molecular complexity index is 863. The molecule has 0 spiro atoms. The monoisotopic (exact) mass is 319 g/mol. The Morgan fingerprint density at radius 3 is 2.91 bits per heavy atom. The summed E-state index contributed by atoms with van der Waals surface area (Å²) < 4.78 is 15.2. The highest BCUT2D eigenvalue weighted by molar-refractivity contribution is 6.30. The zero-order valence-electron chi connectivity index (χ0n) is 11.3. The van der Waals surface area contributed by atoms with Crippen molar-refractivity contribution in [2.75, 3.05) is 5.32 Å². The molecular formula is C15H11ClFN3O2. The van der Waals surface area contributed by atoms with E-state index in [1.807, 2.05) is 0 Å². The van der Waals surface area contributed by atoms with Crippen molar-refractivity contribution < 1.29 is 14.3 Å². The van der Waals surface area contributed by atoms with Crippen LogP contribution >= 0.6 is 11.6 Å². The van der Waals surface area contributed by atoms with E-state index in [4.69, 9.17) is 11.6 Å². The number of anilines is 1. The van der Waals surface area contributed by atoms with Gasteiger partial charge in [-0.1, -0.05) is 17.7 Å². The first kappa shape index (κ1) is 14.3. The number of pyridine rings is 1. The van der Waals surface area contributed by atoms with Crippen LogP contribution in [0.3, 0.4) is 0 Å². The number of carbonyl (C=O) groups is 1. The second kappa shape index (κ2) is 5.65. The van der Waals surface area contributed by atoms with Crippen LogP contribution in [0.25, 0.3) is 5.65 Å². The Kier molecular flexibility index (Phi) is 3.68. The summed E-state index contributed by atoms with van der Waals surface area (Å²) in [5.41, 5.74) is 1.35. The fourth-order valence-corrected chi connectivity index (χ4v) is 2.37. The summed E-state index contributed by atoms with van der Waals surface area (Å²) in [4.78, 5) is 15.5. The number of aromatic carboxylic acids is 1. The number of carboxylic acids is 1. The van der Waals surface area contributed by atoms with Crippen LogP contribution in [-0.2, 0) is 6.54 Å². The van der Waals surface area contributed by atoms with Crippen molar-refractivity contribution in [2.24, 2.45) is 0 Å². The van der Waals surface area contributed by atoms with Crippen molar-refractivity contribution in [3.8, 4) is 0 Å². The molecule has 2 aromatic heterocycles. The molecule has 3 aromatic rings. The fraction of sp³-hybridized carbons (Fsp3) is 0.0667. The molecular weight excluding hydrogens is 309 g/mol. The van der Waals surface area contributed by atoms with Crippen LogP contribution in [-0.4, -0.2) is 20.5 Å². The van der Waals surface area contributed by atoms with Gasteiger partial charge in [-0.25, -0.2) is 14.2 Å². The molecule has 22 heavy (non-hydrogen) atoms. The molecule has 0 saturated carbocycles. The Morgan fingerprint density at radius 2 is 2.18 bits per heavy atom. The normalized spacial score (nSPS) is 10.8. The molecule has 0 saturated heterocycles. The lowest BCUT2D eigenvalue weighted by molar-refractivity contribution is 0.0690. The maximum Gasteiger partial charge on any atom is 0.355 e. The van der Waals surface area contributed by atoms with E-state index in [1.165, 1.54) is 16.7 Å². The molecule has 0 fully saturated rings. The molecule has 112 valence electrons. The van der Waals surface area contributed by atoms with Crippen molar-refractivity contribution in [3.63, 3.8) is 0 Å². The van der Waals surface area contributed by atoms with E-state index in [0.29, 0.717) is 21.9 Å². The van der Waals surface area contributed by atoms with Crippen LogP contribution < -0.4 is 5.32 Å². The number of imidazole rings is 1. The molecule has 0 bridgehead atoms. The van der Waals surface area contributed by atoms with Gasteiger partial charge in [-0.05, 0) is 24.3 Å². The van der Waals surface area contributed by atoms with Crippen molar-refractivity contribution in [1.82, 2.24) is 9.38 Å². The first-order valence-corrected chi connectivity index (χ1v) is 6.81. The van der Waals surface area contributed by atoms with Gasteiger partial charge in [0.05, 0.1) is 5.69 Å². The molecule has 0 radical (unpaired) electrons. The SMILES string of the molecule is O=C(O)c1c(NCc2ccc(Cl)cc2F)ccc2nccn12. The third kappa shape index (κ3) is 2.60. The number of nitrogens with one attached hydrogen (secondary N) is 1. The summed E-state index contributed by atoms with van der Waals surface area (Å²) in [7, 11) is 0. The van der Waals surface area contributed by atoms with Gasteiger partial charge in [-0.3, -0.25) is 4.40 Å². The van der Waals surface area contributed by atoms with Crippen LogP contribution in [0.5, 0.6) is 0 Å². The Balaban J connectivity index is 1.93. The van der Waals surface area contributed by atoms with Crippen LogP contribution in [0.4, 0.5) is 10.1 Å². The van der Waals surface area contributed by atoms with E-state index >= 15 is 0 Å². The van der Waals surface area contributed by atoms with Crippen molar-refractivity contribution in [3.05, 3.63) is 64.8 Å². The summed E-state index contributed by atoms with van der Waals surface area (Å²) >= 11 is 5.71. The minimum atomic E-state index is -1.09. The lowest BCUT2D eigenvalue weighted by atomic mass is 10.2. The Labute approximate surface area is 130 Å². The highest BCUT2D eigenvalue weighted by Gasteiger charge is 2.15. The number of aromatic nitrogens is 2. The molecule has 2 heterocycles. The van der Waals surface area contributed by atoms with Crippen molar-refractivity contribution >= 4 is 28.9 Å². The van der Waals surface area contributed by atoms with Gasteiger partial charge < -0.3 is 10.4 Å². The van der Waals surface area contributed by atoms with Gasteiger partial charge in [0.2, 0.25) is 0 Å². The number of hydrogen-bond donors (Lipinski definition) is 2. The minimum Gasteiger partial charge on any atom is -0.476 e. The number of fused-ring (bicyclic) bond motifs is 1. The second-order valence-corrected chi connectivity index (χ2v) is 5.08. The highest BCUT2D eigenvalue weighted by atomic mass is 35.5. The van der Waals surface area contributed by atoms with Gasteiger partial charge in [0, 0.05) is 29.5 Å². The maximum absolute atomic E-state index is 13.8. The molecule has 2 N–H and O–H groups in total. The van der Waals surface area contributed by atoms with E-state index in [-0.39, 0.29) is 12.2 Å². The summed E-state index contributed by atoms with van der Waals surface area (Å²) in [6.45, 7) is 0.142. The number of benzene rings is 1. The van der Waals surface area contributed by atoms with E-state index in [1.54, 1.807) is 30.5 Å². The van der Waals surface area contributed by atoms with E-state index < -0.39 is 11.8 Å². The van der Waals surface area contributed by atoms with E-state index in [9.17, 15) is 14.3 Å². The van der Waals surface area contributed by atoms with Gasteiger partial charge >= 0.3 is 5.97 Å². The van der Waals surface area contributed by atoms with Crippen molar-refractivity contribution in [1.29, 1.82) is 0 Å². The number of carboxylic acid groups (broad SMARTS) is 1. The Morgan fingerprint density at radius 1 is 1.36 bits per heavy atom. The summed E-state index contributed by atoms with van der Waals surface area (Å²) in [5, 5.41) is 12.6.